The fourth-order valence-electron chi connectivity index (χ4n) is 5.69. The number of hydrogen-bond donors (Lipinski definition) is 0. The van der Waals surface area contributed by atoms with Crippen molar-refractivity contribution in [2.75, 3.05) is 6.61 Å². The molecule has 0 saturated carbocycles. The Morgan fingerprint density at radius 2 is 1.30 bits per heavy atom. The maximum absolute atomic E-state index is 6.05. The highest BCUT2D eigenvalue weighted by Crippen LogP contribution is 2.33. The molecule has 6 rings (SSSR count). The van der Waals surface area contributed by atoms with Gasteiger partial charge in [0.15, 0.2) is 0 Å². The number of rotatable bonds is 13. The lowest BCUT2D eigenvalue weighted by Crippen LogP contribution is -2.46. The molecule has 0 aliphatic heterocycles. The Morgan fingerprint density at radius 1 is 0.739 bits per heavy atom. The number of hydrogen-bond acceptors (Lipinski definition) is 2. The van der Waals surface area contributed by atoms with E-state index in [1.807, 2.05) is 30.6 Å². The number of benzene rings is 5. The summed E-state index contributed by atoms with van der Waals surface area (Å²) in [6, 6.07) is 50.9. The predicted molar refractivity (Wildman–Crippen MR) is 196 cm³/mol. The summed E-state index contributed by atoms with van der Waals surface area (Å²) in [6.45, 7) is 7.19. The molecule has 0 atom stereocenters. The molecule has 0 aliphatic rings. The smallest absolute Gasteiger partial charge is 0.233 e. The van der Waals surface area contributed by atoms with Crippen LogP contribution in [-0.4, -0.2) is 32.4 Å². The SMILES string of the molecule is C=CB(c1ccccc1)c1ccccc1.CCCCCOc1cccc([Si]C(c2ccccc2)(c2ccccc2)n2ccnc2)c1. The minimum atomic E-state index is -0.375. The normalized spacial score (nSPS) is 10.8. The van der Waals surface area contributed by atoms with Crippen LogP contribution in [0, 0.1) is 0 Å². The van der Waals surface area contributed by atoms with Crippen LogP contribution in [0.15, 0.2) is 177 Å². The van der Waals surface area contributed by atoms with Gasteiger partial charge in [-0.2, -0.15) is 0 Å². The minimum Gasteiger partial charge on any atom is -0.494 e. The van der Waals surface area contributed by atoms with E-state index in [0.29, 0.717) is 16.2 Å². The van der Waals surface area contributed by atoms with E-state index in [0.717, 1.165) is 18.8 Å². The van der Waals surface area contributed by atoms with Gasteiger partial charge in [0.1, 0.15) is 15.3 Å². The first-order chi connectivity index (χ1) is 22.7. The van der Waals surface area contributed by atoms with Gasteiger partial charge in [0.25, 0.3) is 0 Å². The van der Waals surface area contributed by atoms with E-state index in [2.05, 4.69) is 163 Å². The first kappa shape index (κ1) is 32.5. The standard InChI is InChI=1S/C27H28N2OSi.C14H13B/c1-2-3-10-20-30-25-16-11-17-26(21-25)31-27(29-19-18-28-22-29,23-12-6-4-7-13-23)24-14-8-5-9-15-24;1-2-15(13-9-5-3-6-10-13)14-11-7-4-8-12-14/h4-9,11-19,21-22H,2-3,10,20H2,1H3;2-12H,1H2. The zero-order valence-corrected chi connectivity index (χ0v) is 27.6. The van der Waals surface area contributed by atoms with Crippen LogP contribution in [0.5, 0.6) is 5.75 Å². The molecular weight excluding hydrogens is 575 g/mol. The average Bonchev–Trinajstić information content (AvgIpc) is 3.67. The van der Waals surface area contributed by atoms with E-state index in [9.17, 15) is 0 Å². The van der Waals surface area contributed by atoms with Crippen molar-refractivity contribution in [3.05, 3.63) is 188 Å². The van der Waals surface area contributed by atoms with Gasteiger partial charge in [-0.25, -0.2) is 4.98 Å². The van der Waals surface area contributed by atoms with Gasteiger partial charge >= 0.3 is 0 Å². The van der Waals surface area contributed by atoms with Crippen LogP contribution in [0.3, 0.4) is 0 Å². The Labute approximate surface area is 277 Å². The third kappa shape index (κ3) is 8.23. The number of ether oxygens (including phenoxy) is 1. The van der Waals surface area contributed by atoms with Crippen molar-refractivity contribution in [1.82, 2.24) is 9.55 Å². The van der Waals surface area contributed by atoms with Crippen LogP contribution >= 0.6 is 0 Å². The Bertz CT molecular complexity index is 1630. The molecule has 0 aliphatic carbocycles. The summed E-state index contributed by atoms with van der Waals surface area (Å²) in [7, 11) is 0.460. The van der Waals surface area contributed by atoms with Gasteiger partial charge in [-0.05, 0) is 29.7 Å². The highest BCUT2D eigenvalue weighted by Gasteiger charge is 2.37. The molecule has 0 fully saturated rings. The maximum atomic E-state index is 6.05. The van der Waals surface area contributed by atoms with Gasteiger partial charge in [-0.1, -0.05) is 169 Å². The van der Waals surface area contributed by atoms with E-state index < -0.39 is 0 Å². The highest BCUT2D eigenvalue weighted by atomic mass is 28.2. The van der Waals surface area contributed by atoms with Crippen LogP contribution in [0.2, 0.25) is 0 Å². The quantitative estimate of drug-likeness (QED) is 0.101. The van der Waals surface area contributed by atoms with Crippen molar-refractivity contribution in [1.29, 1.82) is 0 Å². The molecule has 2 radical (unpaired) electrons. The summed E-state index contributed by atoms with van der Waals surface area (Å²) in [6.07, 6.45) is 9.35. The van der Waals surface area contributed by atoms with Crippen LogP contribution in [0.1, 0.15) is 37.3 Å². The molecular formula is C41H41BN2OSi. The fraction of sp³-hybridized carbons (Fsp3) is 0.146. The first-order valence-corrected chi connectivity index (χ1v) is 17.1. The molecule has 0 unspecified atom stereocenters. The number of unbranched alkanes of at least 4 members (excludes halogenated alkanes) is 2. The van der Waals surface area contributed by atoms with Crippen molar-refractivity contribution in [3.8, 4) is 5.75 Å². The Balaban J connectivity index is 0.000000232. The third-order valence-corrected chi connectivity index (χ3v) is 9.80. The lowest BCUT2D eigenvalue weighted by molar-refractivity contribution is 0.306. The molecule has 0 bridgehead atoms. The summed E-state index contributed by atoms with van der Waals surface area (Å²) in [5.74, 6) is 2.94. The van der Waals surface area contributed by atoms with Gasteiger partial charge in [-0.15, -0.1) is 12.6 Å². The van der Waals surface area contributed by atoms with Crippen LogP contribution in [0.4, 0.5) is 0 Å². The first-order valence-electron chi connectivity index (χ1n) is 16.1. The molecule has 0 saturated heterocycles. The number of aromatic nitrogens is 2. The van der Waals surface area contributed by atoms with Gasteiger partial charge < -0.3 is 9.30 Å². The zero-order valence-electron chi connectivity index (χ0n) is 26.6. The predicted octanol–water partition coefficient (Wildman–Crippen LogP) is 7.25. The van der Waals surface area contributed by atoms with Crippen molar-refractivity contribution < 1.29 is 4.74 Å². The van der Waals surface area contributed by atoms with Crippen molar-refractivity contribution in [2.24, 2.45) is 0 Å². The van der Waals surface area contributed by atoms with E-state index in [-0.39, 0.29) is 5.16 Å². The largest absolute Gasteiger partial charge is 0.494 e. The minimum absolute atomic E-state index is 0.299. The highest BCUT2D eigenvalue weighted by molar-refractivity contribution is 6.89. The summed E-state index contributed by atoms with van der Waals surface area (Å²) in [4.78, 5) is 4.40. The van der Waals surface area contributed by atoms with Crippen LogP contribution < -0.4 is 20.8 Å². The van der Waals surface area contributed by atoms with Crippen molar-refractivity contribution in [2.45, 2.75) is 31.3 Å². The third-order valence-electron chi connectivity index (χ3n) is 8.00. The molecule has 1 aromatic heterocycles. The number of imidazole rings is 1. The summed E-state index contributed by atoms with van der Waals surface area (Å²) < 4.78 is 8.29. The lowest BCUT2D eigenvalue weighted by Gasteiger charge is -2.36. The van der Waals surface area contributed by atoms with Gasteiger partial charge in [0, 0.05) is 12.4 Å². The van der Waals surface area contributed by atoms with E-state index in [4.69, 9.17) is 4.74 Å². The molecule has 1 heterocycles. The Hall–Kier alpha value is -4.87. The number of nitrogens with zero attached hydrogens (tertiary/aromatic N) is 2. The summed E-state index contributed by atoms with van der Waals surface area (Å²) in [5, 5.41) is 0.884. The fourth-order valence-corrected chi connectivity index (χ4v) is 7.39. The molecule has 228 valence electrons. The van der Waals surface area contributed by atoms with Gasteiger partial charge in [-0.3, -0.25) is 0 Å². The lowest BCUT2D eigenvalue weighted by atomic mass is 9.41. The molecule has 0 amide bonds. The van der Waals surface area contributed by atoms with E-state index >= 15 is 0 Å². The van der Waals surface area contributed by atoms with Gasteiger partial charge in [0.05, 0.1) is 18.1 Å². The molecule has 0 N–H and O–H groups in total. The van der Waals surface area contributed by atoms with E-state index in [1.54, 1.807) is 0 Å². The van der Waals surface area contributed by atoms with Crippen molar-refractivity contribution >= 4 is 32.3 Å². The second-order valence-corrected chi connectivity index (χ2v) is 12.7. The Morgan fingerprint density at radius 3 is 1.80 bits per heavy atom. The maximum Gasteiger partial charge on any atom is 0.233 e. The molecule has 5 heteroatoms. The molecule has 0 spiro atoms. The van der Waals surface area contributed by atoms with Crippen LogP contribution in [0.25, 0.3) is 0 Å². The van der Waals surface area contributed by atoms with Gasteiger partial charge in [0.2, 0.25) is 6.71 Å². The molecule has 3 nitrogen and oxygen atoms in total. The molecule has 46 heavy (non-hydrogen) atoms. The topological polar surface area (TPSA) is 27.1 Å². The van der Waals surface area contributed by atoms with Crippen LogP contribution in [-0.2, 0) is 5.16 Å². The zero-order chi connectivity index (χ0) is 31.9. The second-order valence-electron chi connectivity index (χ2n) is 11.2. The molecule has 6 aromatic rings. The van der Waals surface area contributed by atoms with Crippen molar-refractivity contribution in [3.63, 3.8) is 0 Å². The Kier molecular flexibility index (Phi) is 12.0. The summed E-state index contributed by atoms with van der Waals surface area (Å²) in [5.41, 5.74) is 5.07. The molecule has 5 aromatic carbocycles. The monoisotopic (exact) mass is 616 g/mol. The average molecular weight is 617 g/mol. The van der Waals surface area contributed by atoms with E-state index in [1.165, 1.54) is 40.1 Å². The summed E-state index contributed by atoms with van der Waals surface area (Å²) >= 11 is 0. The second kappa shape index (κ2) is 17.0.